The Morgan fingerprint density at radius 3 is 3.05 bits per heavy atom. The summed E-state index contributed by atoms with van der Waals surface area (Å²) in [5.74, 6) is 0.194. The number of anilines is 1. The van der Waals surface area contributed by atoms with E-state index in [-0.39, 0.29) is 5.97 Å². The SMILES string of the molecule is CCCC(C)(Nc1nccn2cnnc12)C(=O)OC. The summed E-state index contributed by atoms with van der Waals surface area (Å²) in [6.45, 7) is 3.80. The zero-order chi connectivity index (χ0) is 13.9. The fourth-order valence-electron chi connectivity index (χ4n) is 2.05. The number of esters is 1. The van der Waals surface area contributed by atoms with Gasteiger partial charge in [0.15, 0.2) is 5.82 Å². The third kappa shape index (κ3) is 2.49. The van der Waals surface area contributed by atoms with Crippen LogP contribution in [-0.4, -0.2) is 38.2 Å². The van der Waals surface area contributed by atoms with Gasteiger partial charge in [-0.25, -0.2) is 9.78 Å². The second-order valence-corrected chi connectivity index (χ2v) is 4.54. The van der Waals surface area contributed by atoms with Gasteiger partial charge in [-0.15, -0.1) is 10.2 Å². The van der Waals surface area contributed by atoms with Crippen LogP contribution in [0.15, 0.2) is 18.7 Å². The Morgan fingerprint density at radius 2 is 2.37 bits per heavy atom. The van der Waals surface area contributed by atoms with Crippen LogP contribution in [0.25, 0.3) is 5.65 Å². The molecule has 0 aliphatic rings. The van der Waals surface area contributed by atoms with Crippen molar-refractivity contribution in [3.63, 3.8) is 0 Å². The number of carbonyl (C=O) groups is 1. The zero-order valence-corrected chi connectivity index (χ0v) is 11.3. The van der Waals surface area contributed by atoms with Gasteiger partial charge in [0.2, 0.25) is 5.65 Å². The lowest BCUT2D eigenvalue weighted by Crippen LogP contribution is -2.44. The van der Waals surface area contributed by atoms with Crippen molar-refractivity contribution in [1.29, 1.82) is 0 Å². The smallest absolute Gasteiger partial charge is 0.331 e. The molecule has 1 unspecified atom stereocenters. The van der Waals surface area contributed by atoms with E-state index < -0.39 is 5.54 Å². The number of ether oxygens (including phenoxy) is 1. The van der Waals surface area contributed by atoms with Crippen molar-refractivity contribution in [1.82, 2.24) is 19.6 Å². The first-order valence-electron chi connectivity index (χ1n) is 6.11. The molecule has 2 aromatic heterocycles. The fraction of sp³-hybridized carbons (Fsp3) is 0.500. The molecule has 0 saturated heterocycles. The van der Waals surface area contributed by atoms with E-state index >= 15 is 0 Å². The van der Waals surface area contributed by atoms with Gasteiger partial charge in [0.1, 0.15) is 11.9 Å². The summed E-state index contributed by atoms with van der Waals surface area (Å²) in [7, 11) is 1.38. The number of fused-ring (bicyclic) bond motifs is 1. The molecule has 0 amide bonds. The minimum absolute atomic E-state index is 0.322. The van der Waals surface area contributed by atoms with Gasteiger partial charge in [-0.1, -0.05) is 13.3 Å². The van der Waals surface area contributed by atoms with E-state index in [1.54, 1.807) is 30.0 Å². The zero-order valence-electron chi connectivity index (χ0n) is 11.3. The minimum Gasteiger partial charge on any atom is -0.467 e. The Labute approximate surface area is 111 Å². The topological polar surface area (TPSA) is 81.4 Å². The summed E-state index contributed by atoms with van der Waals surface area (Å²) in [4.78, 5) is 16.2. The van der Waals surface area contributed by atoms with Crippen LogP contribution in [0.5, 0.6) is 0 Å². The lowest BCUT2D eigenvalue weighted by atomic mass is 9.96. The Balaban J connectivity index is 2.36. The second kappa shape index (κ2) is 5.21. The third-order valence-corrected chi connectivity index (χ3v) is 3.00. The first kappa shape index (κ1) is 13.3. The Morgan fingerprint density at radius 1 is 1.58 bits per heavy atom. The van der Waals surface area contributed by atoms with Gasteiger partial charge < -0.3 is 10.1 Å². The van der Waals surface area contributed by atoms with Crippen LogP contribution in [0.2, 0.25) is 0 Å². The van der Waals surface area contributed by atoms with Crippen molar-refractivity contribution < 1.29 is 9.53 Å². The number of aromatic nitrogens is 4. The lowest BCUT2D eigenvalue weighted by Gasteiger charge is -2.27. The van der Waals surface area contributed by atoms with E-state index in [4.69, 9.17) is 4.74 Å². The molecule has 1 N–H and O–H groups in total. The highest BCUT2D eigenvalue weighted by Gasteiger charge is 2.34. The summed E-state index contributed by atoms with van der Waals surface area (Å²) in [6.07, 6.45) is 6.43. The highest BCUT2D eigenvalue weighted by Crippen LogP contribution is 2.22. The summed E-state index contributed by atoms with van der Waals surface area (Å²) in [6, 6.07) is 0. The summed E-state index contributed by atoms with van der Waals surface area (Å²) in [5.41, 5.74) is -0.252. The van der Waals surface area contributed by atoms with Gasteiger partial charge in [-0.2, -0.15) is 0 Å². The maximum Gasteiger partial charge on any atom is 0.331 e. The molecule has 0 aliphatic heterocycles. The Kier molecular flexibility index (Phi) is 3.64. The van der Waals surface area contributed by atoms with Crippen molar-refractivity contribution in [3.8, 4) is 0 Å². The van der Waals surface area contributed by atoms with Crippen LogP contribution < -0.4 is 5.32 Å². The average molecular weight is 263 g/mol. The van der Waals surface area contributed by atoms with Gasteiger partial charge in [-0.3, -0.25) is 4.40 Å². The van der Waals surface area contributed by atoms with E-state index in [9.17, 15) is 4.79 Å². The van der Waals surface area contributed by atoms with Crippen molar-refractivity contribution in [2.75, 3.05) is 12.4 Å². The maximum absolute atomic E-state index is 11.9. The lowest BCUT2D eigenvalue weighted by molar-refractivity contribution is -0.145. The van der Waals surface area contributed by atoms with Gasteiger partial charge in [0.05, 0.1) is 7.11 Å². The molecule has 0 bridgehead atoms. The van der Waals surface area contributed by atoms with Crippen LogP contribution in [0, 0.1) is 0 Å². The summed E-state index contributed by atoms with van der Waals surface area (Å²) < 4.78 is 6.60. The Hall–Kier alpha value is -2.18. The van der Waals surface area contributed by atoms with Crippen molar-refractivity contribution in [3.05, 3.63) is 18.7 Å². The van der Waals surface area contributed by atoms with E-state index in [2.05, 4.69) is 20.5 Å². The summed E-state index contributed by atoms with van der Waals surface area (Å²) in [5, 5.41) is 10.9. The van der Waals surface area contributed by atoms with Crippen molar-refractivity contribution in [2.24, 2.45) is 0 Å². The van der Waals surface area contributed by atoms with Gasteiger partial charge in [0.25, 0.3) is 0 Å². The molecule has 1 atom stereocenters. The molecular weight excluding hydrogens is 246 g/mol. The molecule has 7 nitrogen and oxygen atoms in total. The molecule has 0 aromatic carbocycles. The molecule has 7 heteroatoms. The normalized spacial score (nSPS) is 14.1. The van der Waals surface area contributed by atoms with Gasteiger partial charge in [0, 0.05) is 12.4 Å². The average Bonchev–Trinajstić information content (AvgIpc) is 2.87. The number of methoxy groups -OCH3 is 1. The molecule has 2 aromatic rings. The van der Waals surface area contributed by atoms with Crippen LogP contribution in [0.4, 0.5) is 5.82 Å². The number of nitrogens with one attached hydrogen (secondary N) is 1. The first-order chi connectivity index (χ1) is 9.10. The van der Waals surface area contributed by atoms with Crippen LogP contribution in [-0.2, 0) is 9.53 Å². The van der Waals surface area contributed by atoms with E-state index in [0.29, 0.717) is 17.9 Å². The van der Waals surface area contributed by atoms with Gasteiger partial charge in [-0.05, 0) is 13.3 Å². The quantitative estimate of drug-likeness (QED) is 0.818. The van der Waals surface area contributed by atoms with Gasteiger partial charge >= 0.3 is 5.97 Å². The molecule has 2 heterocycles. The third-order valence-electron chi connectivity index (χ3n) is 3.00. The van der Waals surface area contributed by atoms with Crippen molar-refractivity contribution in [2.45, 2.75) is 32.2 Å². The molecule has 2 rings (SSSR count). The molecule has 0 aliphatic carbocycles. The van der Waals surface area contributed by atoms with Crippen LogP contribution in [0.1, 0.15) is 26.7 Å². The number of nitrogens with zero attached hydrogens (tertiary/aromatic N) is 4. The number of hydrogen-bond acceptors (Lipinski definition) is 6. The molecule has 0 saturated carbocycles. The highest BCUT2D eigenvalue weighted by molar-refractivity contribution is 5.85. The summed E-state index contributed by atoms with van der Waals surface area (Å²) >= 11 is 0. The van der Waals surface area contributed by atoms with E-state index in [1.807, 2.05) is 6.92 Å². The number of hydrogen-bond donors (Lipinski definition) is 1. The molecular formula is C12H17N5O2. The predicted octanol–water partition coefficient (Wildman–Crippen LogP) is 1.27. The predicted molar refractivity (Wildman–Crippen MR) is 69.7 cm³/mol. The number of rotatable bonds is 5. The highest BCUT2D eigenvalue weighted by atomic mass is 16.5. The molecule has 0 fully saturated rings. The van der Waals surface area contributed by atoms with E-state index in [1.165, 1.54) is 7.11 Å². The second-order valence-electron chi connectivity index (χ2n) is 4.54. The van der Waals surface area contributed by atoms with Crippen LogP contribution in [0.3, 0.4) is 0 Å². The Bertz CT molecular complexity index is 582. The van der Waals surface area contributed by atoms with Crippen molar-refractivity contribution >= 4 is 17.4 Å². The van der Waals surface area contributed by atoms with E-state index in [0.717, 1.165) is 6.42 Å². The maximum atomic E-state index is 11.9. The monoisotopic (exact) mass is 263 g/mol. The molecule has 0 radical (unpaired) electrons. The molecule has 0 spiro atoms. The van der Waals surface area contributed by atoms with Crippen LogP contribution >= 0.6 is 0 Å². The standard InChI is InChI=1S/C12H17N5O2/c1-4-5-12(2,11(18)19-3)15-9-10-16-14-8-17(10)7-6-13-9/h6-8H,4-5H2,1-3H3,(H,13,15). The molecule has 102 valence electrons. The number of carbonyl (C=O) groups excluding carboxylic acids is 1. The largest absolute Gasteiger partial charge is 0.467 e. The first-order valence-corrected chi connectivity index (χ1v) is 6.11. The molecule has 19 heavy (non-hydrogen) atoms. The fourth-order valence-corrected chi connectivity index (χ4v) is 2.05. The minimum atomic E-state index is -0.829.